The summed E-state index contributed by atoms with van der Waals surface area (Å²) in [6.07, 6.45) is 2.12. The first-order valence-corrected chi connectivity index (χ1v) is 12.2. The Morgan fingerprint density at radius 3 is 2.67 bits per heavy atom. The highest BCUT2D eigenvalue weighted by molar-refractivity contribution is 5.94. The number of pyridine rings is 2. The molecule has 0 aliphatic carbocycles. The first-order valence-electron chi connectivity index (χ1n) is 12.2. The molecule has 2 aliphatic rings. The molecule has 0 N–H and O–H groups in total. The van der Waals surface area contributed by atoms with Gasteiger partial charge in [0.2, 0.25) is 11.8 Å². The van der Waals surface area contributed by atoms with Crippen molar-refractivity contribution >= 4 is 17.8 Å². The second kappa shape index (κ2) is 10.9. The quantitative estimate of drug-likeness (QED) is 0.534. The van der Waals surface area contributed by atoms with E-state index in [4.69, 9.17) is 9.47 Å². The third-order valence-corrected chi connectivity index (χ3v) is 6.55. The minimum absolute atomic E-state index is 0.000878. The molecule has 4 rings (SSSR count). The van der Waals surface area contributed by atoms with E-state index >= 15 is 0 Å². The normalized spacial score (nSPS) is 17.7. The van der Waals surface area contributed by atoms with Gasteiger partial charge in [-0.2, -0.15) is 0 Å². The van der Waals surface area contributed by atoms with Gasteiger partial charge in [-0.3, -0.25) is 19.4 Å². The molecule has 2 aromatic heterocycles. The topological polar surface area (TPSA) is 111 Å². The summed E-state index contributed by atoms with van der Waals surface area (Å²) < 4.78 is 12.4. The van der Waals surface area contributed by atoms with Gasteiger partial charge in [-0.15, -0.1) is 0 Å². The third kappa shape index (κ3) is 5.42. The Labute approximate surface area is 209 Å². The van der Waals surface area contributed by atoms with E-state index in [2.05, 4.69) is 4.98 Å². The molecule has 1 saturated heterocycles. The number of likely N-dealkylation sites (tertiary alicyclic amines) is 1. The van der Waals surface area contributed by atoms with Crippen LogP contribution in [0.1, 0.15) is 42.0 Å². The number of esters is 1. The van der Waals surface area contributed by atoms with Crippen LogP contribution in [-0.4, -0.2) is 70.4 Å². The van der Waals surface area contributed by atoms with Crippen LogP contribution in [0.2, 0.25) is 0 Å². The van der Waals surface area contributed by atoms with Crippen molar-refractivity contribution in [2.75, 3.05) is 33.3 Å². The molecule has 0 radical (unpaired) electrons. The SMILES string of the molecule is COC(=O)c1c(OCc2ccccn2)cc(=O)n2c1CCN(C(=O)C1CC(=O)N(CC(C)C)C1)CC2. The highest BCUT2D eigenvalue weighted by atomic mass is 16.5. The van der Waals surface area contributed by atoms with Crippen LogP contribution in [0.4, 0.5) is 0 Å². The zero-order chi connectivity index (χ0) is 25.8. The standard InChI is InChI=1S/C26H32N4O6/c1-17(2)14-29-15-18(12-22(29)31)25(33)28-9-7-20-24(26(34)35-3)21(13-23(32)30(20)11-10-28)36-16-19-6-4-5-8-27-19/h4-6,8,13,17-18H,7,9-12,14-16H2,1-3H3. The summed E-state index contributed by atoms with van der Waals surface area (Å²) in [6.45, 7) is 6.09. The molecule has 0 spiro atoms. The average molecular weight is 497 g/mol. The van der Waals surface area contributed by atoms with Crippen molar-refractivity contribution in [2.45, 2.75) is 39.8 Å². The van der Waals surface area contributed by atoms with E-state index in [9.17, 15) is 19.2 Å². The van der Waals surface area contributed by atoms with E-state index in [1.165, 1.54) is 17.7 Å². The largest absolute Gasteiger partial charge is 0.486 e. The van der Waals surface area contributed by atoms with Crippen LogP contribution in [0.5, 0.6) is 5.75 Å². The highest BCUT2D eigenvalue weighted by Gasteiger charge is 2.37. The van der Waals surface area contributed by atoms with Crippen LogP contribution in [0, 0.1) is 11.8 Å². The first-order chi connectivity index (χ1) is 17.3. The van der Waals surface area contributed by atoms with E-state index in [0.29, 0.717) is 43.5 Å². The van der Waals surface area contributed by atoms with Gasteiger partial charge in [0.25, 0.3) is 5.56 Å². The summed E-state index contributed by atoms with van der Waals surface area (Å²) in [7, 11) is 1.28. The van der Waals surface area contributed by atoms with E-state index in [1.807, 2.05) is 19.9 Å². The van der Waals surface area contributed by atoms with Crippen LogP contribution in [-0.2, 0) is 33.9 Å². The fourth-order valence-corrected chi connectivity index (χ4v) is 4.85. The third-order valence-electron chi connectivity index (χ3n) is 6.55. The lowest BCUT2D eigenvalue weighted by molar-refractivity contribution is -0.135. The summed E-state index contributed by atoms with van der Waals surface area (Å²) in [6, 6.07) is 6.68. The molecule has 2 aliphatic heterocycles. The summed E-state index contributed by atoms with van der Waals surface area (Å²) in [4.78, 5) is 59.1. The van der Waals surface area contributed by atoms with Crippen LogP contribution in [0.3, 0.4) is 0 Å². The lowest BCUT2D eigenvalue weighted by Crippen LogP contribution is -2.39. The lowest BCUT2D eigenvalue weighted by atomic mass is 10.1. The predicted molar refractivity (Wildman–Crippen MR) is 130 cm³/mol. The molecular weight excluding hydrogens is 464 g/mol. The van der Waals surface area contributed by atoms with Gasteiger partial charge in [-0.25, -0.2) is 4.79 Å². The zero-order valence-corrected chi connectivity index (χ0v) is 20.9. The lowest BCUT2D eigenvalue weighted by Gasteiger charge is -2.24. The number of nitrogens with zero attached hydrogens (tertiary/aromatic N) is 4. The number of hydrogen-bond donors (Lipinski definition) is 0. The molecule has 10 nitrogen and oxygen atoms in total. The number of aromatic nitrogens is 2. The Morgan fingerprint density at radius 2 is 1.97 bits per heavy atom. The van der Waals surface area contributed by atoms with Gasteiger partial charge in [0, 0.05) is 63.5 Å². The Bertz CT molecular complexity index is 1190. The molecule has 2 aromatic rings. The van der Waals surface area contributed by atoms with Gasteiger partial charge < -0.3 is 23.8 Å². The van der Waals surface area contributed by atoms with Crippen LogP contribution < -0.4 is 10.3 Å². The van der Waals surface area contributed by atoms with Crippen LogP contribution in [0.15, 0.2) is 35.3 Å². The number of ether oxygens (including phenoxy) is 2. The monoisotopic (exact) mass is 496 g/mol. The Hall–Kier alpha value is -3.69. The van der Waals surface area contributed by atoms with E-state index in [1.54, 1.807) is 28.1 Å². The average Bonchev–Trinajstić information content (AvgIpc) is 3.08. The van der Waals surface area contributed by atoms with E-state index in [0.717, 1.165) is 0 Å². The smallest absolute Gasteiger partial charge is 0.343 e. The molecule has 36 heavy (non-hydrogen) atoms. The molecule has 1 atom stereocenters. The molecule has 0 aromatic carbocycles. The maximum absolute atomic E-state index is 13.3. The van der Waals surface area contributed by atoms with Gasteiger partial charge in [-0.05, 0) is 18.1 Å². The van der Waals surface area contributed by atoms with Gasteiger partial charge >= 0.3 is 5.97 Å². The molecule has 1 unspecified atom stereocenters. The molecular formula is C26H32N4O6. The maximum Gasteiger partial charge on any atom is 0.343 e. The Balaban J connectivity index is 1.55. The van der Waals surface area contributed by atoms with Crippen LogP contribution >= 0.6 is 0 Å². The predicted octanol–water partition coefficient (Wildman–Crippen LogP) is 1.50. The summed E-state index contributed by atoms with van der Waals surface area (Å²) in [5, 5.41) is 0. The molecule has 0 bridgehead atoms. The van der Waals surface area contributed by atoms with Gasteiger partial charge in [0.05, 0.1) is 18.7 Å². The Morgan fingerprint density at radius 1 is 1.17 bits per heavy atom. The highest BCUT2D eigenvalue weighted by Crippen LogP contribution is 2.26. The van der Waals surface area contributed by atoms with Crippen molar-refractivity contribution in [3.05, 3.63) is 57.8 Å². The van der Waals surface area contributed by atoms with E-state index < -0.39 is 11.9 Å². The number of amides is 2. The number of methoxy groups -OCH3 is 1. The van der Waals surface area contributed by atoms with Crippen molar-refractivity contribution in [1.29, 1.82) is 0 Å². The minimum atomic E-state index is -0.611. The molecule has 192 valence electrons. The first kappa shape index (κ1) is 25.4. The van der Waals surface area contributed by atoms with Gasteiger partial charge in [0.1, 0.15) is 17.9 Å². The Kier molecular flexibility index (Phi) is 7.71. The van der Waals surface area contributed by atoms with Crippen molar-refractivity contribution in [1.82, 2.24) is 19.4 Å². The van der Waals surface area contributed by atoms with Gasteiger partial charge in [-0.1, -0.05) is 19.9 Å². The number of carbonyl (C=O) groups excluding carboxylic acids is 3. The number of hydrogen-bond acceptors (Lipinski definition) is 7. The maximum atomic E-state index is 13.3. The molecule has 2 amide bonds. The fraction of sp³-hybridized carbons (Fsp3) is 0.500. The number of rotatable bonds is 7. The van der Waals surface area contributed by atoms with Crippen molar-refractivity contribution < 1.29 is 23.9 Å². The molecule has 10 heteroatoms. The van der Waals surface area contributed by atoms with Crippen LogP contribution in [0.25, 0.3) is 0 Å². The molecule has 0 saturated carbocycles. The summed E-state index contributed by atoms with van der Waals surface area (Å²) in [5.74, 6) is -0.644. The fourth-order valence-electron chi connectivity index (χ4n) is 4.85. The minimum Gasteiger partial charge on any atom is -0.486 e. The second-order valence-electron chi connectivity index (χ2n) is 9.59. The zero-order valence-electron chi connectivity index (χ0n) is 20.9. The van der Waals surface area contributed by atoms with Crippen molar-refractivity contribution in [3.8, 4) is 5.75 Å². The van der Waals surface area contributed by atoms with Gasteiger partial charge in [0.15, 0.2) is 0 Å². The molecule has 1 fully saturated rings. The molecule has 4 heterocycles. The number of carbonyl (C=O) groups is 3. The summed E-state index contributed by atoms with van der Waals surface area (Å²) in [5.41, 5.74) is 0.992. The summed E-state index contributed by atoms with van der Waals surface area (Å²) >= 11 is 0. The second-order valence-corrected chi connectivity index (χ2v) is 9.59. The van der Waals surface area contributed by atoms with Crippen molar-refractivity contribution in [2.24, 2.45) is 11.8 Å². The van der Waals surface area contributed by atoms with E-state index in [-0.39, 0.29) is 54.7 Å². The number of fused-ring (bicyclic) bond motifs is 1. The van der Waals surface area contributed by atoms with Crippen molar-refractivity contribution in [3.63, 3.8) is 0 Å².